The summed E-state index contributed by atoms with van der Waals surface area (Å²) in [7, 11) is -3.07. The summed E-state index contributed by atoms with van der Waals surface area (Å²) in [5, 5.41) is 3.08. The average Bonchev–Trinajstić information content (AvgIpc) is 3.27. The maximum absolute atomic E-state index is 14.6. The smallest absolute Gasteiger partial charge is 0.229 e. The lowest BCUT2D eigenvalue weighted by atomic mass is 10.1. The number of hydrogen-bond acceptors (Lipinski definition) is 7. The van der Waals surface area contributed by atoms with E-state index in [4.69, 9.17) is 0 Å². The van der Waals surface area contributed by atoms with Crippen molar-refractivity contribution in [1.29, 1.82) is 0 Å². The minimum absolute atomic E-state index is 0.0347. The highest BCUT2D eigenvalue weighted by Gasteiger charge is 2.26. The predicted molar refractivity (Wildman–Crippen MR) is 115 cm³/mol. The largest absolute Gasteiger partial charge is 0.348 e. The van der Waals surface area contributed by atoms with Crippen LogP contribution in [0.5, 0.6) is 0 Å². The van der Waals surface area contributed by atoms with E-state index in [1.54, 1.807) is 18.2 Å². The monoisotopic (exact) mass is 442 g/mol. The Balaban J connectivity index is 1.40. The number of imidazole rings is 1. The molecule has 1 N–H and O–H groups in total. The summed E-state index contributed by atoms with van der Waals surface area (Å²) in [4.78, 5) is 14.9. The minimum atomic E-state index is -3.07. The molecule has 0 aliphatic carbocycles. The molecule has 0 amide bonds. The van der Waals surface area contributed by atoms with Gasteiger partial charge in [0, 0.05) is 24.7 Å². The van der Waals surface area contributed by atoms with Crippen molar-refractivity contribution in [2.24, 2.45) is 0 Å². The van der Waals surface area contributed by atoms with Crippen LogP contribution < -0.4 is 10.2 Å². The predicted octanol–water partition coefficient (Wildman–Crippen LogP) is 3.13. The maximum atomic E-state index is 14.6. The van der Waals surface area contributed by atoms with Crippen LogP contribution in [0.15, 0.2) is 30.7 Å². The molecule has 8 nitrogen and oxygen atoms in total. The summed E-state index contributed by atoms with van der Waals surface area (Å²) < 4.78 is 40.4. The Morgan fingerprint density at radius 2 is 1.97 bits per heavy atom. The van der Waals surface area contributed by atoms with Crippen molar-refractivity contribution in [3.63, 3.8) is 0 Å². The fourth-order valence-corrected chi connectivity index (χ4v) is 5.81. The van der Waals surface area contributed by atoms with Gasteiger partial charge in [0.15, 0.2) is 21.5 Å². The van der Waals surface area contributed by atoms with Gasteiger partial charge in [-0.2, -0.15) is 4.98 Å². The SMILES string of the molecule is CC(C)n1cnc2c1CN(c1nc(Nc3ccc4c(c3)CS(=O)(=O)C4)ncc1F)CC2. The van der Waals surface area contributed by atoms with Crippen molar-refractivity contribution >= 4 is 27.3 Å². The molecule has 0 unspecified atom stereocenters. The first-order valence-corrected chi connectivity index (χ1v) is 12.0. The number of hydrogen-bond donors (Lipinski definition) is 1. The van der Waals surface area contributed by atoms with E-state index in [1.807, 2.05) is 11.2 Å². The molecule has 31 heavy (non-hydrogen) atoms. The van der Waals surface area contributed by atoms with Gasteiger partial charge in [-0.1, -0.05) is 6.07 Å². The second-order valence-electron chi connectivity index (χ2n) is 8.32. The quantitative estimate of drug-likeness (QED) is 0.664. The Bertz CT molecular complexity index is 1270. The standard InChI is InChI=1S/C21H23FN6O2S/c1-13(2)28-12-24-18-5-6-27(9-19(18)28)20-17(22)8-23-21(26-20)25-16-4-3-14-10-31(29,30)11-15(14)7-16/h3-4,7-8,12-13H,5-6,9-11H2,1-2H3,(H,23,25,26). The number of benzene rings is 1. The number of aromatic nitrogens is 4. The summed E-state index contributed by atoms with van der Waals surface area (Å²) in [6.07, 6.45) is 3.73. The second-order valence-corrected chi connectivity index (χ2v) is 10.4. The number of halogens is 1. The molecule has 0 bridgehead atoms. The molecule has 0 spiro atoms. The molecule has 0 saturated heterocycles. The highest BCUT2D eigenvalue weighted by Crippen LogP contribution is 2.30. The highest BCUT2D eigenvalue weighted by molar-refractivity contribution is 7.90. The van der Waals surface area contributed by atoms with Crippen LogP contribution in [0.3, 0.4) is 0 Å². The zero-order valence-corrected chi connectivity index (χ0v) is 18.2. The molecule has 2 aliphatic rings. The zero-order chi connectivity index (χ0) is 21.8. The molecule has 3 aromatic rings. The Hall–Kier alpha value is -3.01. The summed E-state index contributed by atoms with van der Waals surface area (Å²) in [6.45, 7) is 5.33. The van der Waals surface area contributed by atoms with E-state index in [0.29, 0.717) is 18.8 Å². The second kappa shape index (κ2) is 7.30. The van der Waals surface area contributed by atoms with Gasteiger partial charge in [0.1, 0.15) is 0 Å². The lowest BCUT2D eigenvalue weighted by Crippen LogP contribution is -2.33. The first kappa shape index (κ1) is 19.9. The van der Waals surface area contributed by atoms with E-state index in [1.165, 1.54) is 0 Å². The number of fused-ring (bicyclic) bond motifs is 2. The molecule has 5 rings (SSSR count). The molecular weight excluding hydrogens is 419 g/mol. The number of sulfone groups is 1. The Morgan fingerprint density at radius 1 is 1.16 bits per heavy atom. The highest BCUT2D eigenvalue weighted by atomic mass is 32.2. The Morgan fingerprint density at radius 3 is 2.77 bits per heavy atom. The molecule has 0 atom stereocenters. The van der Waals surface area contributed by atoms with E-state index >= 15 is 0 Å². The molecule has 4 heterocycles. The molecule has 10 heteroatoms. The van der Waals surface area contributed by atoms with Gasteiger partial charge in [0.05, 0.1) is 42.0 Å². The summed E-state index contributed by atoms with van der Waals surface area (Å²) in [5.41, 5.74) is 4.39. The lowest BCUT2D eigenvalue weighted by Gasteiger charge is -2.29. The van der Waals surface area contributed by atoms with Crippen LogP contribution in [0.25, 0.3) is 0 Å². The summed E-state index contributed by atoms with van der Waals surface area (Å²) in [5.74, 6) is 0.130. The third-order valence-electron chi connectivity index (χ3n) is 5.74. The van der Waals surface area contributed by atoms with Crippen LogP contribution in [-0.2, 0) is 34.3 Å². The van der Waals surface area contributed by atoms with E-state index in [0.717, 1.165) is 35.1 Å². The molecular formula is C21H23FN6O2S. The normalized spacial score (nSPS) is 17.0. The van der Waals surface area contributed by atoms with Gasteiger partial charge in [0.2, 0.25) is 5.95 Å². The van der Waals surface area contributed by atoms with Crippen molar-refractivity contribution < 1.29 is 12.8 Å². The van der Waals surface area contributed by atoms with Gasteiger partial charge < -0.3 is 14.8 Å². The van der Waals surface area contributed by atoms with Crippen molar-refractivity contribution in [1.82, 2.24) is 19.5 Å². The summed E-state index contributed by atoms with van der Waals surface area (Å²) in [6, 6.07) is 5.65. The number of nitrogens with one attached hydrogen (secondary N) is 1. The third-order valence-corrected chi connectivity index (χ3v) is 7.24. The van der Waals surface area contributed by atoms with E-state index < -0.39 is 15.7 Å². The van der Waals surface area contributed by atoms with E-state index in [2.05, 4.69) is 38.7 Å². The van der Waals surface area contributed by atoms with Gasteiger partial charge in [-0.3, -0.25) is 0 Å². The molecule has 0 fully saturated rings. The molecule has 1 aromatic carbocycles. The molecule has 2 aliphatic heterocycles. The Labute approximate surface area is 180 Å². The van der Waals surface area contributed by atoms with Crippen LogP contribution in [-0.4, -0.2) is 34.5 Å². The average molecular weight is 443 g/mol. The van der Waals surface area contributed by atoms with E-state index in [9.17, 15) is 12.8 Å². The van der Waals surface area contributed by atoms with Crippen molar-refractivity contribution in [3.8, 4) is 0 Å². The van der Waals surface area contributed by atoms with Gasteiger partial charge in [-0.25, -0.2) is 22.8 Å². The molecule has 0 saturated carbocycles. The number of nitrogens with zero attached hydrogens (tertiary/aromatic N) is 5. The van der Waals surface area contributed by atoms with Gasteiger partial charge in [-0.05, 0) is 37.1 Å². The first-order valence-electron chi connectivity index (χ1n) is 10.2. The Kier molecular flexibility index (Phi) is 4.69. The molecule has 0 radical (unpaired) electrons. The van der Waals surface area contributed by atoms with Crippen LogP contribution in [0.1, 0.15) is 42.4 Å². The molecule has 2 aromatic heterocycles. The van der Waals surface area contributed by atoms with Crippen LogP contribution >= 0.6 is 0 Å². The van der Waals surface area contributed by atoms with Gasteiger partial charge in [0.25, 0.3) is 0 Å². The summed E-state index contributed by atoms with van der Waals surface area (Å²) >= 11 is 0. The maximum Gasteiger partial charge on any atom is 0.229 e. The van der Waals surface area contributed by atoms with Gasteiger partial charge in [-0.15, -0.1) is 0 Å². The zero-order valence-electron chi connectivity index (χ0n) is 17.3. The van der Waals surface area contributed by atoms with Crippen molar-refractivity contribution in [2.45, 2.75) is 44.4 Å². The fourth-order valence-electron chi connectivity index (χ4n) is 4.21. The number of rotatable bonds is 4. The molecule has 162 valence electrons. The fraction of sp³-hybridized carbons (Fsp3) is 0.381. The van der Waals surface area contributed by atoms with Crippen molar-refractivity contribution in [2.75, 3.05) is 16.8 Å². The number of anilines is 3. The topological polar surface area (TPSA) is 93.0 Å². The van der Waals surface area contributed by atoms with Crippen LogP contribution in [0, 0.1) is 5.82 Å². The van der Waals surface area contributed by atoms with Gasteiger partial charge >= 0.3 is 0 Å². The van der Waals surface area contributed by atoms with Crippen LogP contribution in [0.4, 0.5) is 21.8 Å². The van der Waals surface area contributed by atoms with Crippen LogP contribution in [0.2, 0.25) is 0 Å². The third kappa shape index (κ3) is 3.76. The lowest BCUT2D eigenvalue weighted by molar-refractivity contribution is 0.546. The van der Waals surface area contributed by atoms with E-state index in [-0.39, 0.29) is 29.3 Å². The van der Waals surface area contributed by atoms with Crippen molar-refractivity contribution in [3.05, 3.63) is 59.1 Å². The minimum Gasteiger partial charge on any atom is -0.348 e. The first-order chi connectivity index (χ1) is 14.8.